The number of hydrogen-bond acceptors (Lipinski definition) is 4. The molecule has 0 atom stereocenters. The smallest absolute Gasteiger partial charge is 0.337 e. The van der Waals surface area contributed by atoms with Gasteiger partial charge in [-0.25, -0.2) is 13.2 Å². The number of halogens is 1. The monoisotopic (exact) mass is 335 g/mol. The van der Waals surface area contributed by atoms with Crippen molar-refractivity contribution in [3.8, 4) is 0 Å². The summed E-state index contributed by atoms with van der Waals surface area (Å²) >= 11 is 3.10. The van der Waals surface area contributed by atoms with Crippen molar-refractivity contribution < 1.29 is 23.1 Å². The van der Waals surface area contributed by atoms with Crippen LogP contribution in [0.3, 0.4) is 0 Å². The Kier molecular flexibility index (Phi) is 4.47. The first-order valence-corrected chi connectivity index (χ1v) is 7.55. The van der Waals surface area contributed by atoms with Gasteiger partial charge in [-0.2, -0.15) is 0 Å². The van der Waals surface area contributed by atoms with E-state index in [1.165, 1.54) is 12.1 Å². The van der Waals surface area contributed by atoms with Gasteiger partial charge in [-0.3, -0.25) is 4.79 Å². The maximum atomic E-state index is 11.5. The SMILES string of the molecule is CS(=O)(=O)CC(=O)Nc1c(Br)cccc1C(=O)O. The van der Waals surface area contributed by atoms with E-state index in [0.717, 1.165) is 6.26 Å². The summed E-state index contributed by atoms with van der Waals surface area (Å²) in [5.41, 5.74) is -0.0788. The molecule has 1 aromatic rings. The quantitative estimate of drug-likeness (QED) is 0.858. The number of hydrogen-bond donors (Lipinski definition) is 2. The summed E-state index contributed by atoms with van der Waals surface area (Å²) in [5.74, 6) is -2.70. The highest BCUT2D eigenvalue weighted by molar-refractivity contribution is 9.10. The van der Waals surface area contributed by atoms with E-state index in [4.69, 9.17) is 5.11 Å². The zero-order valence-corrected chi connectivity index (χ0v) is 11.7. The molecule has 8 heteroatoms. The molecule has 0 radical (unpaired) electrons. The summed E-state index contributed by atoms with van der Waals surface area (Å²) in [7, 11) is -3.46. The molecular formula is C10H10BrNO5S. The van der Waals surface area contributed by atoms with Crippen molar-refractivity contribution in [2.75, 3.05) is 17.3 Å². The molecule has 98 valence electrons. The first-order chi connectivity index (χ1) is 8.20. The van der Waals surface area contributed by atoms with Crippen LogP contribution < -0.4 is 5.32 Å². The van der Waals surface area contributed by atoms with Crippen LogP contribution in [0.25, 0.3) is 0 Å². The third kappa shape index (κ3) is 4.11. The average molecular weight is 336 g/mol. The standard InChI is InChI=1S/C10H10BrNO5S/c1-18(16,17)5-8(13)12-9-6(10(14)15)3-2-4-7(9)11/h2-4H,5H2,1H3,(H,12,13)(H,14,15). The van der Waals surface area contributed by atoms with Crippen molar-refractivity contribution in [3.63, 3.8) is 0 Å². The third-order valence-electron chi connectivity index (χ3n) is 1.90. The van der Waals surface area contributed by atoms with Crippen LogP contribution in [0.1, 0.15) is 10.4 Å². The van der Waals surface area contributed by atoms with Gasteiger partial charge in [0, 0.05) is 10.7 Å². The molecule has 0 unspecified atom stereocenters. The Morgan fingerprint density at radius 2 is 2.00 bits per heavy atom. The fourth-order valence-electron chi connectivity index (χ4n) is 1.24. The van der Waals surface area contributed by atoms with Gasteiger partial charge in [-0.15, -0.1) is 0 Å². The predicted octanol–water partition coefficient (Wildman–Crippen LogP) is 1.13. The lowest BCUT2D eigenvalue weighted by Gasteiger charge is -2.09. The van der Waals surface area contributed by atoms with Crippen molar-refractivity contribution in [1.82, 2.24) is 0 Å². The van der Waals surface area contributed by atoms with Crippen LogP contribution >= 0.6 is 15.9 Å². The van der Waals surface area contributed by atoms with Crippen molar-refractivity contribution in [2.24, 2.45) is 0 Å². The number of carbonyl (C=O) groups excluding carboxylic acids is 1. The van der Waals surface area contributed by atoms with E-state index in [0.29, 0.717) is 4.47 Å². The maximum Gasteiger partial charge on any atom is 0.337 e. The van der Waals surface area contributed by atoms with E-state index >= 15 is 0 Å². The number of benzene rings is 1. The molecule has 0 heterocycles. The zero-order chi connectivity index (χ0) is 13.9. The molecular weight excluding hydrogens is 326 g/mol. The number of carboxylic acids is 1. The minimum absolute atomic E-state index is 0.0404. The van der Waals surface area contributed by atoms with Crippen LogP contribution in [0.2, 0.25) is 0 Å². The minimum atomic E-state index is -3.46. The van der Waals surface area contributed by atoms with Gasteiger partial charge in [-0.1, -0.05) is 6.07 Å². The topological polar surface area (TPSA) is 101 Å². The first kappa shape index (κ1) is 14.7. The lowest BCUT2D eigenvalue weighted by Crippen LogP contribution is -2.23. The number of para-hydroxylation sites is 1. The van der Waals surface area contributed by atoms with Gasteiger partial charge in [-0.05, 0) is 28.1 Å². The number of sulfone groups is 1. The molecule has 0 aliphatic heterocycles. The average Bonchev–Trinajstić information content (AvgIpc) is 2.17. The molecule has 18 heavy (non-hydrogen) atoms. The van der Waals surface area contributed by atoms with E-state index in [1.807, 2.05) is 0 Å². The van der Waals surface area contributed by atoms with Crippen LogP contribution in [0, 0.1) is 0 Å². The Morgan fingerprint density at radius 3 is 2.50 bits per heavy atom. The number of carboxylic acid groups (broad SMARTS) is 1. The number of aromatic carboxylic acids is 1. The lowest BCUT2D eigenvalue weighted by atomic mass is 10.2. The second-order valence-corrected chi connectivity index (χ2v) is 6.58. The third-order valence-corrected chi connectivity index (χ3v) is 3.35. The van der Waals surface area contributed by atoms with E-state index in [2.05, 4.69) is 21.2 Å². The molecule has 1 rings (SSSR count). The Morgan fingerprint density at radius 1 is 1.39 bits per heavy atom. The number of anilines is 1. The summed E-state index contributed by atoms with van der Waals surface area (Å²) < 4.78 is 22.3. The van der Waals surface area contributed by atoms with Gasteiger partial charge in [0.05, 0.1) is 11.3 Å². The van der Waals surface area contributed by atoms with Crippen LogP contribution in [0.4, 0.5) is 5.69 Å². The predicted molar refractivity (Wildman–Crippen MR) is 69.4 cm³/mol. The summed E-state index contributed by atoms with van der Waals surface area (Å²) in [5, 5.41) is 11.2. The van der Waals surface area contributed by atoms with Crippen molar-refractivity contribution in [1.29, 1.82) is 0 Å². The highest BCUT2D eigenvalue weighted by atomic mass is 79.9. The summed E-state index contributed by atoms with van der Waals surface area (Å²) in [6, 6.07) is 4.35. The van der Waals surface area contributed by atoms with Crippen molar-refractivity contribution in [2.45, 2.75) is 0 Å². The number of amides is 1. The van der Waals surface area contributed by atoms with Gasteiger partial charge >= 0.3 is 5.97 Å². The fourth-order valence-corrected chi connectivity index (χ4v) is 2.26. The molecule has 0 aliphatic rings. The molecule has 0 saturated heterocycles. The second kappa shape index (κ2) is 5.49. The van der Waals surface area contributed by atoms with Crippen LogP contribution in [-0.4, -0.2) is 37.4 Å². The van der Waals surface area contributed by atoms with Gasteiger partial charge in [0.2, 0.25) is 5.91 Å². The Balaban J connectivity index is 3.04. The van der Waals surface area contributed by atoms with Crippen LogP contribution in [0.5, 0.6) is 0 Å². The van der Waals surface area contributed by atoms with Gasteiger partial charge in [0.1, 0.15) is 5.75 Å². The summed E-state index contributed by atoms with van der Waals surface area (Å²) in [6.07, 6.45) is 0.921. The molecule has 0 saturated carbocycles. The molecule has 0 fully saturated rings. The molecule has 1 aromatic carbocycles. The normalized spacial score (nSPS) is 11.0. The van der Waals surface area contributed by atoms with Crippen LogP contribution in [0.15, 0.2) is 22.7 Å². The fraction of sp³-hybridized carbons (Fsp3) is 0.200. The highest BCUT2D eigenvalue weighted by Crippen LogP contribution is 2.26. The number of carbonyl (C=O) groups is 2. The van der Waals surface area contributed by atoms with E-state index in [-0.39, 0.29) is 11.3 Å². The van der Waals surface area contributed by atoms with Crippen molar-refractivity contribution in [3.05, 3.63) is 28.2 Å². The number of rotatable bonds is 4. The summed E-state index contributed by atoms with van der Waals surface area (Å²) in [4.78, 5) is 22.4. The molecule has 0 aromatic heterocycles. The van der Waals surface area contributed by atoms with Gasteiger partial charge in [0.15, 0.2) is 9.84 Å². The second-order valence-electron chi connectivity index (χ2n) is 3.59. The first-order valence-electron chi connectivity index (χ1n) is 4.70. The Hall–Kier alpha value is -1.41. The molecule has 0 aliphatic carbocycles. The molecule has 0 bridgehead atoms. The van der Waals surface area contributed by atoms with E-state index in [1.54, 1.807) is 6.07 Å². The van der Waals surface area contributed by atoms with Gasteiger partial charge in [0.25, 0.3) is 0 Å². The van der Waals surface area contributed by atoms with Crippen LogP contribution in [-0.2, 0) is 14.6 Å². The summed E-state index contributed by atoms with van der Waals surface area (Å²) in [6.45, 7) is 0. The maximum absolute atomic E-state index is 11.5. The van der Waals surface area contributed by atoms with Gasteiger partial charge < -0.3 is 10.4 Å². The number of nitrogens with one attached hydrogen (secondary N) is 1. The molecule has 1 amide bonds. The van der Waals surface area contributed by atoms with Crippen molar-refractivity contribution >= 4 is 43.3 Å². The largest absolute Gasteiger partial charge is 0.478 e. The highest BCUT2D eigenvalue weighted by Gasteiger charge is 2.17. The molecule has 0 spiro atoms. The van der Waals surface area contributed by atoms with E-state index < -0.39 is 27.5 Å². The molecule has 2 N–H and O–H groups in total. The Labute approximate surface area is 112 Å². The van der Waals surface area contributed by atoms with E-state index in [9.17, 15) is 18.0 Å². The molecule has 6 nitrogen and oxygen atoms in total. The zero-order valence-electron chi connectivity index (χ0n) is 9.31. The lowest BCUT2D eigenvalue weighted by molar-refractivity contribution is -0.113. The minimum Gasteiger partial charge on any atom is -0.478 e. The Bertz CT molecular complexity index is 596.